The third-order valence-electron chi connectivity index (χ3n) is 3.48. The lowest BCUT2D eigenvalue weighted by Crippen LogP contribution is -2.44. The Morgan fingerprint density at radius 2 is 1.70 bits per heavy atom. The van der Waals surface area contributed by atoms with Gasteiger partial charge in [-0.1, -0.05) is 13.8 Å². The Morgan fingerprint density at radius 3 is 2.15 bits per heavy atom. The molecule has 0 rings (SSSR count). The van der Waals surface area contributed by atoms with E-state index in [4.69, 9.17) is 10.8 Å². The summed E-state index contributed by atoms with van der Waals surface area (Å²) in [6, 6.07) is -0.709. The summed E-state index contributed by atoms with van der Waals surface area (Å²) in [7, 11) is 0. The summed E-state index contributed by atoms with van der Waals surface area (Å²) in [5.41, 5.74) is 5.76. The predicted molar refractivity (Wildman–Crippen MR) is 79.5 cm³/mol. The van der Waals surface area contributed by atoms with Crippen LogP contribution in [0.2, 0.25) is 0 Å². The number of hydrogen-bond donors (Lipinski definition) is 2. The molecule has 1 atom stereocenters. The van der Waals surface area contributed by atoms with Crippen LogP contribution in [0.3, 0.4) is 0 Å². The fraction of sp³-hybridized carbons (Fsp3) is 0.857. The molecule has 0 aliphatic rings. The molecule has 0 heterocycles. The monoisotopic (exact) mass is 287 g/mol. The first kappa shape index (κ1) is 18.9. The summed E-state index contributed by atoms with van der Waals surface area (Å²) in [5, 5.41) is 8.61. The molecule has 0 aromatic rings. The number of amides is 1. The predicted octanol–water partition coefficient (Wildman–Crippen LogP) is 0.759. The molecule has 6 heteroatoms. The van der Waals surface area contributed by atoms with E-state index < -0.39 is 12.0 Å². The largest absolute Gasteiger partial charge is 0.481 e. The van der Waals surface area contributed by atoms with Gasteiger partial charge in [0, 0.05) is 19.5 Å². The summed E-state index contributed by atoms with van der Waals surface area (Å²) in [6.07, 6.45) is 1.04. The Bertz CT molecular complexity index is 293. The second-order valence-corrected chi connectivity index (χ2v) is 4.84. The van der Waals surface area contributed by atoms with Crippen LogP contribution in [0.15, 0.2) is 0 Å². The lowest BCUT2D eigenvalue weighted by Gasteiger charge is -2.26. The molecule has 20 heavy (non-hydrogen) atoms. The molecule has 0 aliphatic heterocycles. The fourth-order valence-electron chi connectivity index (χ4n) is 2.09. The first-order valence-corrected chi connectivity index (χ1v) is 7.44. The van der Waals surface area contributed by atoms with Gasteiger partial charge in [0.2, 0.25) is 5.91 Å². The van der Waals surface area contributed by atoms with Gasteiger partial charge in [0.05, 0.1) is 6.04 Å². The quantitative estimate of drug-likeness (QED) is 0.586. The van der Waals surface area contributed by atoms with Crippen LogP contribution in [-0.4, -0.2) is 65.5 Å². The van der Waals surface area contributed by atoms with Gasteiger partial charge in [-0.05, 0) is 39.4 Å². The maximum absolute atomic E-state index is 12.1. The highest BCUT2D eigenvalue weighted by Crippen LogP contribution is 2.03. The van der Waals surface area contributed by atoms with Crippen LogP contribution >= 0.6 is 0 Å². The third kappa shape index (κ3) is 7.45. The van der Waals surface area contributed by atoms with Gasteiger partial charge >= 0.3 is 5.97 Å². The van der Waals surface area contributed by atoms with E-state index in [0.717, 1.165) is 26.1 Å². The molecule has 0 saturated carbocycles. The molecule has 0 bridgehead atoms. The Balaban J connectivity index is 4.16. The number of carboxylic acids is 1. The maximum atomic E-state index is 12.1. The van der Waals surface area contributed by atoms with Crippen LogP contribution in [0.4, 0.5) is 0 Å². The normalized spacial score (nSPS) is 12.4. The molecule has 0 spiro atoms. The number of rotatable bonds is 11. The molecule has 118 valence electrons. The SMILES string of the molecule is CCN(CC)CCCN(CC)C(=O)C(N)CCC(=O)O. The lowest BCUT2D eigenvalue weighted by molar-refractivity contribution is -0.137. The van der Waals surface area contributed by atoms with E-state index >= 15 is 0 Å². The number of carbonyl (C=O) groups is 2. The van der Waals surface area contributed by atoms with Crippen molar-refractivity contribution in [3.8, 4) is 0 Å². The Labute approximate surface area is 121 Å². The molecule has 1 amide bonds. The van der Waals surface area contributed by atoms with Crippen molar-refractivity contribution >= 4 is 11.9 Å². The average Bonchev–Trinajstić information content (AvgIpc) is 2.44. The minimum absolute atomic E-state index is 0.0656. The summed E-state index contributed by atoms with van der Waals surface area (Å²) in [4.78, 5) is 26.6. The second kappa shape index (κ2) is 10.6. The molecular formula is C14H29N3O3. The Kier molecular flexibility index (Phi) is 10.0. The molecule has 1 unspecified atom stereocenters. The maximum Gasteiger partial charge on any atom is 0.303 e. The van der Waals surface area contributed by atoms with E-state index in [1.165, 1.54) is 0 Å². The molecule has 0 aromatic carbocycles. The number of likely N-dealkylation sites (N-methyl/N-ethyl adjacent to an activating group) is 1. The zero-order valence-corrected chi connectivity index (χ0v) is 13.0. The van der Waals surface area contributed by atoms with Crippen molar-refractivity contribution in [2.45, 2.75) is 46.1 Å². The van der Waals surface area contributed by atoms with Gasteiger partial charge in [-0.2, -0.15) is 0 Å². The minimum Gasteiger partial charge on any atom is -0.481 e. The van der Waals surface area contributed by atoms with Crippen molar-refractivity contribution in [1.29, 1.82) is 0 Å². The number of carbonyl (C=O) groups excluding carboxylic acids is 1. The zero-order valence-electron chi connectivity index (χ0n) is 13.0. The van der Waals surface area contributed by atoms with Crippen molar-refractivity contribution in [1.82, 2.24) is 9.80 Å². The third-order valence-corrected chi connectivity index (χ3v) is 3.48. The van der Waals surface area contributed by atoms with E-state index in [1.54, 1.807) is 4.90 Å². The van der Waals surface area contributed by atoms with Gasteiger partial charge < -0.3 is 20.6 Å². The first-order chi connectivity index (χ1) is 9.46. The van der Waals surface area contributed by atoms with E-state index in [2.05, 4.69) is 18.7 Å². The minimum atomic E-state index is -0.919. The van der Waals surface area contributed by atoms with Crippen LogP contribution in [0.1, 0.15) is 40.0 Å². The highest BCUT2D eigenvalue weighted by Gasteiger charge is 2.20. The van der Waals surface area contributed by atoms with Crippen molar-refractivity contribution in [2.75, 3.05) is 32.7 Å². The van der Waals surface area contributed by atoms with Crippen molar-refractivity contribution in [3.63, 3.8) is 0 Å². The summed E-state index contributed by atoms with van der Waals surface area (Å²) in [5.74, 6) is -1.06. The smallest absolute Gasteiger partial charge is 0.303 e. The summed E-state index contributed by atoms with van der Waals surface area (Å²) in [6.45, 7) is 10.4. The summed E-state index contributed by atoms with van der Waals surface area (Å²) >= 11 is 0. The molecule has 3 N–H and O–H groups in total. The highest BCUT2D eigenvalue weighted by atomic mass is 16.4. The molecule has 0 aliphatic carbocycles. The van der Waals surface area contributed by atoms with Crippen molar-refractivity contribution in [3.05, 3.63) is 0 Å². The Morgan fingerprint density at radius 1 is 1.10 bits per heavy atom. The molecular weight excluding hydrogens is 258 g/mol. The molecule has 6 nitrogen and oxygen atoms in total. The van der Waals surface area contributed by atoms with E-state index in [-0.39, 0.29) is 18.7 Å². The van der Waals surface area contributed by atoms with Crippen molar-refractivity contribution < 1.29 is 14.7 Å². The zero-order chi connectivity index (χ0) is 15.5. The number of nitrogens with zero attached hydrogens (tertiary/aromatic N) is 2. The number of aliphatic carboxylic acids is 1. The van der Waals surface area contributed by atoms with Crippen LogP contribution in [0.5, 0.6) is 0 Å². The van der Waals surface area contributed by atoms with Crippen LogP contribution in [0, 0.1) is 0 Å². The van der Waals surface area contributed by atoms with E-state index in [0.29, 0.717) is 13.1 Å². The van der Waals surface area contributed by atoms with Gasteiger partial charge in [0.1, 0.15) is 0 Å². The number of carboxylic acid groups (broad SMARTS) is 1. The molecule has 0 saturated heterocycles. The average molecular weight is 287 g/mol. The second-order valence-electron chi connectivity index (χ2n) is 4.84. The van der Waals surface area contributed by atoms with Crippen LogP contribution in [-0.2, 0) is 9.59 Å². The van der Waals surface area contributed by atoms with Crippen molar-refractivity contribution in [2.24, 2.45) is 5.73 Å². The summed E-state index contributed by atoms with van der Waals surface area (Å²) < 4.78 is 0. The number of hydrogen-bond acceptors (Lipinski definition) is 4. The van der Waals surface area contributed by atoms with E-state index in [1.807, 2.05) is 6.92 Å². The standard InChI is InChI=1S/C14H29N3O3/c1-4-16(5-2)10-7-11-17(6-3)14(20)12(15)8-9-13(18)19/h12H,4-11,15H2,1-3H3,(H,18,19). The van der Waals surface area contributed by atoms with Gasteiger partial charge in [0.15, 0.2) is 0 Å². The topological polar surface area (TPSA) is 86.9 Å². The van der Waals surface area contributed by atoms with Gasteiger partial charge in [-0.3, -0.25) is 9.59 Å². The number of nitrogens with two attached hydrogens (primary N) is 1. The molecule has 0 radical (unpaired) electrons. The highest BCUT2D eigenvalue weighted by molar-refractivity contribution is 5.82. The lowest BCUT2D eigenvalue weighted by atomic mass is 10.1. The molecule has 0 aromatic heterocycles. The van der Waals surface area contributed by atoms with E-state index in [9.17, 15) is 9.59 Å². The molecule has 0 fully saturated rings. The van der Waals surface area contributed by atoms with Gasteiger partial charge in [-0.15, -0.1) is 0 Å². The Hall–Kier alpha value is -1.14. The van der Waals surface area contributed by atoms with Gasteiger partial charge in [0.25, 0.3) is 0 Å². The first-order valence-electron chi connectivity index (χ1n) is 7.44. The van der Waals surface area contributed by atoms with Gasteiger partial charge in [-0.25, -0.2) is 0 Å². The fourth-order valence-corrected chi connectivity index (χ4v) is 2.09. The van der Waals surface area contributed by atoms with Crippen LogP contribution in [0.25, 0.3) is 0 Å². The van der Waals surface area contributed by atoms with Crippen LogP contribution < -0.4 is 5.73 Å².